The summed E-state index contributed by atoms with van der Waals surface area (Å²) < 4.78 is 0. The molecule has 4 nitrogen and oxygen atoms in total. The first-order chi connectivity index (χ1) is 9.69. The summed E-state index contributed by atoms with van der Waals surface area (Å²) in [6.07, 6.45) is 2.45. The van der Waals surface area contributed by atoms with Crippen LogP contribution >= 0.6 is 11.6 Å². The highest BCUT2D eigenvalue weighted by Crippen LogP contribution is 2.21. The van der Waals surface area contributed by atoms with Gasteiger partial charge in [0.25, 0.3) is 0 Å². The van der Waals surface area contributed by atoms with Gasteiger partial charge in [0.15, 0.2) is 5.15 Å². The molecule has 0 aliphatic rings. The average molecular weight is 290 g/mol. The summed E-state index contributed by atoms with van der Waals surface area (Å²) in [6.45, 7) is 2.06. The number of hydrogen-bond donors (Lipinski definition) is 1. The van der Waals surface area contributed by atoms with Crippen LogP contribution in [0.15, 0.2) is 36.4 Å². The van der Waals surface area contributed by atoms with Crippen molar-refractivity contribution >= 4 is 23.2 Å². The molecule has 1 aromatic carbocycles. The van der Waals surface area contributed by atoms with Crippen molar-refractivity contribution in [2.45, 2.75) is 26.2 Å². The number of carbonyl (C=O) groups excluding carboxylic acids is 1. The van der Waals surface area contributed by atoms with Crippen molar-refractivity contribution in [3.8, 4) is 11.3 Å². The minimum atomic E-state index is 0.0335. The predicted molar refractivity (Wildman–Crippen MR) is 80.6 cm³/mol. The molecule has 1 heterocycles. The van der Waals surface area contributed by atoms with E-state index >= 15 is 0 Å². The van der Waals surface area contributed by atoms with Crippen molar-refractivity contribution < 1.29 is 4.79 Å². The fourth-order valence-electron chi connectivity index (χ4n) is 1.79. The van der Waals surface area contributed by atoms with Gasteiger partial charge in [-0.25, -0.2) is 0 Å². The van der Waals surface area contributed by atoms with E-state index in [2.05, 4.69) is 22.4 Å². The number of nitrogens with one attached hydrogen (secondary N) is 1. The first-order valence-electron chi connectivity index (χ1n) is 6.58. The topological polar surface area (TPSA) is 54.9 Å². The molecule has 1 amide bonds. The number of anilines is 1. The number of benzene rings is 1. The van der Waals surface area contributed by atoms with Gasteiger partial charge in [-0.3, -0.25) is 4.79 Å². The Morgan fingerprint density at radius 2 is 2.10 bits per heavy atom. The smallest absolute Gasteiger partial charge is 0.224 e. The number of hydrogen-bond acceptors (Lipinski definition) is 3. The molecule has 0 atom stereocenters. The quantitative estimate of drug-likeness (QED) is 0.907. The molecule has 0 bridgehead atoms. The highest BCUT2D eigenvalue weighted by Gasteiger charge is 2.04. The number of nitrogens with zero attached hydrogens (tertiary/aromatic N) is 2. The summed E-state index contributed by atoms with van der Waals surface area (Å²) in [5, 5.41) is 11.1. The molecule has 0 spiro atoms. The van der Waals surface area contributed by atoms with Crippen LogP contribution in [0.3, 0.4) is 0 Å². The number of unbranched alkanes of at least 4 members (excludes halogenated alkanes) is 1. The molecular formula is C15H16ClN3O. The number of halogens is 1. The molecule has 0 radical (unpaired) electrons. The lowest BCUT2D eigenvalue weighted by Crippen LogP contribution is -2.10. The molecule has 20 heavy (non-hydrogen) atoms. The van der Waals surface area contributed by atoms with E-state index in [1.165, 1.54) is 0 Å². The molecule has 1 N–H and O–H groups in total. The molecule has 5 heteroatoms. The summed E-state index contributed by atoms with van der Waals surface area (Å²) in [7, 11) is 0. The Kier molecular flexibility index (Phi) is 5.07. The molecule has 0 aliphatic heterocycles. The first-order valence-corrected chi connectivity index (χ1v) is 6.96. The largest absolute Gasteiger partial charge is 0.326 e. The van der Waals surface area contributed by atoms with E-state index < -0.39 is 0 Å². The Labute approximate surface area is 123 Å². The van der Waals surface area contributed by atoms with Crippen molar-refractivity contribution in [2.24, 2.45) is 0 Å². The molecule has 2 aromatic rings. The first kappa shape index (κ1) is 14.5. The summed E-state index contributed by atoms with van der Waals surface area (Å²) in [5.74, 6) is 0.0335. The molecule has 0 unspecified atom stereocenters. The van der Waals surface area contributed by atoms with E-state index in [-0.39, 0.29) is 5.91 Å². The lowest BCUT2D eigenvalue weighted by Gasteiger charge is -2.06. The zero-order valence-electron chi connectivity index (χ0n) is 11.3. The van der Waals surface area contributed by atoms with Crippen molar-refractivity contribution in [3.63, 3.8) is 0 Å². The van der Waals surface area contributed by atoms with Gasteiger partial charge in [0, 0.05) is 17.7 Å². The number of carbonyl (C=O) groups is 1. The third-order valence-electron chi connectivity index (χ3n) is 2.83. The van der Waals surface area contributed by atoms with E-state index in [9.17, 15) is 4.79 Å². The van der Waals surface area contributed by atoms with Gasteiger partial charge in [-0.05, 0) is 30.7 Å². The van der Waals surface area contributed by atoms with Crippen LogP contribution in [0.25, 0.3) is 11.3 Å². The Hall–Kier alpha value is -1.94. The third-order valence-corrected chi connectivity index (χ3v) is 3.03. The standard InChI is InChI=1S/C15H16ClN3O/c1-2-3-7-15(20)17-12-6-4-5-11(10-12)13-8-9-14(16)19-18-13/h4-6,8-10H,2-3,7H2,1H3,(H,17,20). The van der Waals surface area contributed by atoms with Crippen LogP contribution in [0.1, 0.15) is 26.2 Å². The van der Waals surface area contributed by atoms with Gasteiger partial charge in [-0.15, -0.1) is 10.2 Å². The van der Waals surface area contributed by atoms with Crippen LogP contribution in [-0.2, 0) is 4.79 Å². The summed E-state index contributed by atoms with van der Waals surface area (Å²) in [5.41, 5.74) is 2.38. The molecular weight excluding hydrogens is 274 g/mol. The van der Waals surface area contributed by atoms with Gasteiger partial charge < -0.3 is 5.32 Å². The lowest BCUT2D eigenvalue weighted by atomic mass is 10.1. The van der Waals surface area contributed by atoms with Crippen molar-refractivity contribution in [1.29, 1.82) is 0 Å². The van der Waals surface area contributed by atoms with Crippen molar-refractivity contribution in [3.05, 3.63) is 41.6 Å². The normalized spacial score (nSPS) is 10.3. The van der Waals surface area contributed by atoms with Gasteiger partial charge >= 0.3 is 0 Å². The van der Waals surface area contributed by atoms with Gasteiger partial charge in [-0.2, -0.15) is 0 Å². The van der Waals surface area contributed by atoms with E-state index in [4.69, 9.17) is 11.6 Å². The van der Waals surface area contributed by atoms with Gasteiger partial charge in [0.2, 0.25) is 5.91 Å². The number of rotatable bonds is 5. The van der Waals surface area contributed by atoms with Crippen LogP contribution in [0.5, 0.6) is 0 Å². The van der Waals surface area contributed by atoms with E-state index in [0.717, 1.165) is 29.8 Å². The molecule has 2 rings (SSSR count). The zero-order valence-corrected chi connectivity index (χ0v) is 12.0. The van der Waals surface area contributed by atoms with Crippen molar-refractivity contribution in [1.82, 2.24) is 10.2 Å². The maximum Gasteiger partial charge on any atom is 0.224 e. The third kappa shape index (κ3) is 4.03. The molecule has 0 saturated carbocycles. The van der Waals surface area contributed by atoms with Gasteiger partial charge in [0.05, 0.1) is 5.69 Å². The second-order valence-electron chi connectivity index (χ2n) is 4.47. The van der Waals surface area contributed by atoms with Crippen LogP contribution in [0.4, 0.5) is 5.69 Å². The van der Waals surface area contributed by atoms with Gasteiger partial charge in [0.1, 0.15) is 0 Å². The maximum atomic E-state index is 11.7. The van der Waals surface area contributed by atoms with E-state index in [0.29, 0.717) is 11.6 Å². The second-order valence-corrected chi connectivity index (χ2v) is 4.86. The van der Waals surface area contributed by atoms with Gasteiger partial charge in [-0.1, -0.05) is 37.1 Å². The Balaban J connectivity index is 2.11. The van der Waals surface area contributed by atoms with Crippen LogP contribution in [0, 0.1) is 0 Å². The van der Waals surface area contributed by atoms with Crippen molar-refractivity contribution in [2.75, 3.05) is 5.32 Å². The zero-order chi connectivity index (χ0) is 14.4. The monoisotopic (exact) mass is 289 g/mol. The van der Waals surface area contributed by atoms with E-state index in [1.54, 1.807) is 12.1 Å². The predicted octanol–water partition coefficient (Wildman–Crippen LogP) is 3.93. The van der Waals surface area contributed by atoms with Crippen LogP contribution in [-0.4, -0.2) is 16.1 Å². The maximum absolute atomic E-state index is 11.7. The molecule has 104 valence electrons. The number of aromatic nitrogens is 2. The lowest BCUT2D eigenvalue weighted by molar-refractivity contribution is -0.116. The summed E-state index contributed by atoms with van der Waals surface area (Å²) in [6, 6.07) is 11.0. The summed E-state index contributed by atoms with van der Waals surface area (Å²) in [4.78, 5) is 11.7. The molecule has 0 saturated heterocycles. The minimum Gasteiger partial charge on any atom is -0.326 e. The number of amides is 1. The SMILES string of the molecule is CCCCC(=O)Nc1cccc(-c2ccc(Cl)nn2)c1. The minimum absolute atomic E-state index is 0.0335. The fraction of sp³-hybridized carbons (Fsp3) is 0.267. The van der Waals surface area contributed by atoms with E-state index in [1.807, 2.05) is 24.3 Å². The Morgan fingerprint density at radius 3 is 2.80 bits per heavy atom. The molecule has 1 aromatic heterocycles. The molecule has 0 aliphatic carbocycles. The van der Waals surface area contributed by atoms with Crippen LogP contribution < -0.4 is 5.32 Å². The summed E-state index contributed by atoms with van der Waals surface area (Å²) >= 11 is 5.72. The Bertz CT molecular complexity index is 584. The highest BCUT2D eigenvalue weighted by atomic mass is 35.5. The second kappa shape index (κ2) is 7.01. The fourth-order valence-corrected chi connectivity index (χ4v) is 1.89. The average Bonchev–Trinajstić information content (AvgIpc) is 2.46. The molecule has 0 fully saturated rings. The van der Waals surface area contributed by atoms with Crippen LogP contribution in [0.2, 0.25) is 5.15 Å². The highest BCUT2D eigenvalue weighted by molar-refractivity contribution is 6.29. The Morgan fingerprint density at radius 1 is 1.25 bits per heavy atom.